The van der Waals surface area contributed by atoms with E-state index in [0.29, 0.717) is 42.8 Å². The molecule has 0 amide bonds. The predicted octanol–water partition coefficient (Wildman–Crippen LogP) is 5.13. The molecule has 3 aromatic rings. The molecule has 3 heterocycles. The molecule has 0 aliphatic carbocycles. The summed E-state index contributed by atoms with van der Waals surface area (Å²) in [5, 5.41) is 4.05. The maximum absolute atomic E-state index is 13.6. The van der Waals surface area contributed by atoms with E-state index < -0.39 is 5.82 Å². The zero-order chi connectivity index (χ0) is 26.3. The Morgan fingerprint density at radius 3 is 2.61 bits per heavy atom. The summed E-state index contributed by atoms with van der Waals surface area (Å²) in [4.78, 5) is 13.9. The number of hydrogen-bond acceptors (Lipinski definition) is 8. The summed E-state index contributed by atoms with van der Waals surface area (Å²) < 4.78 is 31.9. The van der Waals surface area contributed by atoms with Gasteiger partial charge in [-0.25, -0.2) is 14.4 Å². The van der Waals surface area contributed by atoms with Gasteiger partial charge < -0.3 is 29.3 Å². The topological polar surface area (TPSA) is 72.0 Å². The molecular formula is C28H35ClFN5O3. The van der Waals surface area contributed by atoms with Gasteiger partial charge in [0, 0.05) is 62.7 Å². The van der Waals surface area contributed by atoms with Crippen molar-refractivity contribution in [2.75, 3.05) is 64.4 Å². The molecule has 2 aliphatic rings. The molecule has 0 spiro atoms. The van der Waals surface area contributed by atoms with Crippen molar-refractivity contribution < 1.29 is 18.6 Å². The van der Waals surface area contributed by atoms with Gasteiger partial charge in [0.15, 0.2) is 11.5 Å². The van der Waals surface area contributed by atoms with Crippen molar-refractivity contribution >= 4 is 34.0 Å². The van der Waals surface area contributed by atoms with Crippen molar-refractivity contribution in [1.29, 1.82) is 0 Å². The van der Waals surface area contributed by atoms with E-state index in [9.17, 15) is 4.39 Å². The van der Waals surface area contributed by atoms with Gasteiger partial charge in [-0.15, -0.1) is 0 Å². The summed E-state index contributed by atoms with van der Waals surface area (Å²) in [5.41, 5.74) is 1.35. The van der Waals surface area contributed by atoms with Gasteiger partial charge in [-0.1, -0.05) is 18.5 Å². The molecule has 5 rings (SSSR count). The molecule has 2 saturated heterocycles. The zero-order valence-electron chi connectivity index (χ0n) is 21.8. The number of fused-ring (bicyclic) bond motifs is 1. The first kappa shape index (κ1) is 26.9. The third-order valence-corrected chi connectivity index (χ3v) is 7.42. The van der Waals surface area contributed by atoms with Gasteiger partial charge in [0.2, 0.25) is 0 Å². The smallest absolute Gasteiger partial charge is 0.163 e. The normalized spacial score (nSPS) is 17.6. The highest BCUT2D eigenvalue weighted by Crippen LogP contribution is 2.36. The number of piperazine rings is 1. The fraction of sp³-hybridized carbons (Fsp3) is 0.500. The Morgan fingerprint density at radius 1 is 1.05 bits per heavy atom. The molecule has 1 N–H and O–H groups in total. The molecule has 0 saturated carbocycles. The number of likely N-dealkylation sites (N-methyl/N-ethyl adjacent to an activating group) is 1. The number of nitrogens with one attached hydrogen (secondary N) is 1. The van der Waals surface area contributed by atoms with Gasteiger partial charge >= 0.3 is 0 Å². The SMILES string of the molecule is CCN1CCN(CCCOc2cc3ncnc(Nc4ccc(F)c(Cl)c4)c3cc2OC2CCOCC2)CC1. The van der Waals surface area contributed by atoms with E-state index in [0.717, 1.165) is 69.4 Å². The second-order valence-corrected chi connectivity index (χ2v) is 10.1. The molecule has 0 atom stereocenters. The van der Waals surface area contributed by atoms with Gasteiger partial charge in [0.25, 0.3) is 0 Å². The third kappa shape index (κ3) is 6.83. The Bertz CT molecular complexity index is 1220. The van der Waals surface area contributed by atoms with Crippen LogP contribution in [-0.2, 0) is 4.74 Å². The quantitative estimate of drug-likeness (QED) is 0.353. The first-order valence-electron chi connectivity index (χ1n) is 13.4. The number of hydrogen-bond donors (Lipinski definition) is 1. The Balaban J connectivity index is 1.32. The molecule has 0 bridgehead atoms. The molecule has 0 radical (unpaired) electrons. The Kier molecular flexibility index (Phi) is 9.11. The van der Waals surface area contributed by atoms with Crippen LogP contribution in [0.5, 0.6) is 11.5 Å². The summed E-state index contributed by atoms with van der Waals surface area (Å²) in [6, 6.07) is 8.31. The fourth-order valence-corrected chi connectivity index (χ4v) is 5.03. The lowest BCUT2D eigenvalue weighted by Crippen LogP contribution is -2.46. The van der Waals surface area contributed by atoms with Crippen LogP contribution in [0.1, 0.15) is 26.2 Å². The van der Waals surface area contributed by atoms with Gasteiger partial charge in [-0.2, -0.15) is 0 Å². The number of ether oxygens (including phenoxy) is 3. The van der Waals surface area contributed by atoms with Crippen molar-refractivity contribution in [3.8, 4) is 11.5 Å². The molecular weight excluding hydrogens is 509 g/mol. The first-order valence-corrected chi connectivity index (χ1v) is 13.8. The van der Waals surface area contributed by atoms with Gasteiger partial charge in [0.05, 0.1) is 30.4 Å². The van der Waals surface area contributed by atoms with Crippen LogP contribution >= 0.6 is 11.6 Å². The number of nitrogens with zero attached hydrogens (tertiary/aromatic N) is 4. The van der Waals surface area contributed by atoms with E-state index in [-0.39, 0.29) is 11.1 Å². The lowest BCUT2D eigenvalue weighted by Gasteiger charge is -2.33. The van der Waals surface area contributed by atoms with Crippen LogP contribution in [0.15, 0.2) is 36.7 Å². The van der Waals surface area contributed by atoms with Gasteiger partial charge in [-0.3, -0.25) is 0 Å². The maximum atomic E-state index is 13.6. The molecule has 0 unspecified atom stereocenters. The number of benzene rings is 2. The van der Waals surface area contributed by atoms with Crippen LogP contribution in [0.25, 0.3) is 10.9 Å². The van der Waals surface area contributed by atoms with Crippen molar-refractivity contribution in [2.45, 2.75) is 32.3 Å². The molecule has 38 heavy (non-hydrogen) atoms. The van der Waals surface area contributed by atoms with E-state index in [2.05, 4.69) is 32.0 Å². The van der Waals surface area contributed by atoms with Crippen LogP contribution in [0.3, 0.4) is 0 Å². The average Bonchev–Trinajstić information content (AvgIpc) is 2.94. The van der Waals surface area contributed by atoms with Crippen molar-refractivity contribution in [2.24, 2.45) is 0 Å². The number of rotatable bonds is 10. The summed E-state index contributed by atoms with van der Waals surface area (Å²) in [6.45, 7) is 10.8. The number of aromatic nitrogens is 2. The highest BCUT2D eigenvalue weighted by atomic mass is 35.5. The lowest BCUT2D eigenvalue weighted by atomic mass is 10.1. The number of halogens is 2. The van der Waals surface area contributed by atoms with Gasteiger partial charge in [0.1, 0.15) is 24.1 Å². The summed E-state index contributed by atoms with van der Waals surface area (Å²) in [7, 11) is 0. The molecule has 8 nitrogen and oxygen atoms in total. The minimum absolute atomic E-state index is 0.0415. The molecule has 1 aromatic heterocycles. The molecule has 2 aromatic carbocycles. The Morgan fingerprint density at radius 2 is 1.84 bits per heavy atom. The van der Waals surface area contributed by atoms with E-state index in [1.807, 2.05) is 12.1 Å². The largest absolute Gasteiger partial charge is 0.490 e. The van der Waals surface area contributed by atoms with Crippen LogP contribution in [0, 0.1) is 5.82 Å². The van der Waals surface area contributed by atoms with Crippen molar-refractivity contribution in [1.82, 2.24) is 19.8 Å². The summed E-state index contributed by atoms with van der Waals surface area (Å²) in [6.07, 6.45) is 4.13. The predicted molar refractivity (Wildman–Crippen MR) is 147 cm³/mol. The van der Waals surface area contributed by atoms with Crippen LogP contribution < -0.4 is 14.8 Å². The van der Waals surface area contributed by atoms with Gasteiger partial charge in [-0.05, 0) is 37.2 Å². The molecule has 204 valence electrons. The standard InChI is InChI=1S/C28H35ClFN5O3/c1-2-34-9-11-35(12-10-34)8-3-13-37-26-18-25-22(17-27(26)38-21-6-14-36-15-7-21)28(32-19-31-25)33-20-4-5-24(30)23(29)16-20/h4-5,16-19,21H,2-3,6-15H2,1H3,(H,31,32,33). The summed E-state index contributed by atoms with van der Waals surface area (Å²) in [5.74, 6) is 1.44. The first-order chi connectivity index (χ1) is 18.6. The van der Waals surface area contributed by atoms with Crippen molar-refractivity contribution in [3.05, 3.63) is 47.5 Å². The summed E-state index contributed by atoms with van der Waals surface area (Å²) >= 11 is 5.98. The van der Waals surface area contributed by atoms with Crippen molar-refractivity contribution in [3.63, 3.8) is 0 Å². The van der Waals surface area contributed by atoms with E-state index >= 15 is 0 Å². The Hall–Kier alpha value is -2.72. The zero-order valence-corrected chi connectivity index (χ0v) is 22.6. The van der Waals surface area contributed by atoms with E-state index in [1.165, 1.54) is 18.5 Å². The fourth-order valence-electron chi connectivity index (χ4n) is 4.85. The van der Waals surface area contributed by atoms with Crippen LogP contribution in [0.2, 0.25) is 5.02 Å². The highest BCUT2D eigenvalue weighted by molar-refractivity contribution is 6.31. The van der Waals surface area contributed by atoms with E-state index in [4.69, 9.17) is 25.8 Å². The maximum Gasteiger partial charge on any atom is 0.163 e. The molecule has 2 aliphatic heterocycles. The lowest BCUT2D eigenvalue weighted by molar-refractivity contribution is 0.0243. The second-order valence-electron chi connectivity index (χ2n) is 9.70. The van der Waals surface area contributed by atoms with Crippen LogP contribution in [-0.4, -0.2) is 85.0 Å². The Labute approximate surface area is 228 Å². The van der Waals surface area contributed by atoms with E-state index in [1.54, 1.807) is 6.07 Å². The third-order valence-electron chi connectivity index (χ3n) is 7.13. The highest BCUT2D eigenvalue weighted by Gasteiger charge is 2.20. The minimum atomic E-state index is -0.470. The molecule has 2 fully saturated rings. The number of anilines is 2. The minimum Gasteiger partial charge on any atom is -0.490 e. The monoisotopic (exact) mass is 543 g/mol. The van der Waals surface area contributed by atoms with Crippen LogP contribution in [0.4, 0.5) is 15.9 Å². The second kappa shape index (κ2) is 12.9. The molecule has 10 heteroatoms. The average molecular weight is 544 g/mol.